The van der Waals surface area contributed by atoms with Gasteiger partial charge in [0.1, 0.15) is 5.69 Å². The zero-order valence-electron chi connectivity index (χ0n) is 9.73. The monoisotopic (exact) mass is 221 g/mol. The third-order valence-corrected chi connectivity index (χ3v) is 2.25. The quantitative estimate of drug-likeness (QED) is 0.638. The molecule has 3 heteroatoms. The Morgan fingerprint density at radius 1 is 1.18 bits per heavy atom. The van der Waals surface area contributed by atoms with Gasteiger partial charge in [0.05, 0.1) is 18.0 Å². The highest BCUT2D eigenvalue weighted by Crippen LogP contribution is 2.07. The summed E-state index contributed by atoms with van der Waals surface area (Å²) in [5, 5.41) is 8.86. The van der Waals surface area contributed by atoms with Crippen LogP contribution in [0.2, 0.25) is 0 Å². The van der Waals surface area contributed by atoms with Crippen molar-refractivity contribution in [1.82, 2.24) is 9.55 Å². The van der Waals surface area contributed by atoms with Gasteiger partial charge in [0.25, 0.3) is 0 Å². The molecule has 1 aromatic heterocycles. The Balaban J connectivity index is 2.34. The number of imidazole rings is 1. The van der Waals surface area contributed by atoms with E-state index in [1.165, 1.54) is 0 Å². The molecule has 0 N–H and O–H groups in total. The van der Waals surface area contributed by atoms with Gasteiger partial charge >= 0.3 is 0 Å². The number of hydrogen-bond acceptors (Lipinski definition) is 2. The van der Waals surface area contributed by atoms with Gasteiger partial charge in [0.15, 0.2) is 0 Å². The third-order valence-electron chi connectivity index (χ3n) is 2.25. The maximum Gasteiger partial charge on any atom is 0.131 e. The Kier molecular flexibility index (Phi) is 2.94. The van der Waals surface area contributed by atoms with Crippen LogP contribution in [0, 0.1) is 30.1 Å². The summed E-state index contributed by atoms with van der Waals surface area (Å²) in [6.07, 6.45) is 3.56. The number of benzene rings is 1. The van der Waals surface area contributed by atoms with Crippen LogP contribution in [0.25, 0.3) is 0 Å². The van der Waals surface area contributed by atoms with Crippen molar-refractivity contribution in [3.05, 3.63) is 53.1 Å². The Bertz CT molecular complexity index is 648. The topological polar surface area (TPSA) is 41.6 Å². The number of rotatable bonds is 0. The van der Waals surface area contributed by atoms with Crippen LogP contribution in [-0.2, 0) is 7.05 Å². The predicted molar refractivity (Wildman–Crippen MR) is 65.1 cm³/mol. The van der Waals surface area contributed by atoms with Gasteiger partial charge in [0.2, 0.25) is 0 Å². The number of nitriles is 1. The van der Waals surface area contributed by atoms with Crippen LogP contribution < -0.4 is 0 Å². The average molecular weight is 221 g/mol. The van der Waals surface area contributed by atoms with E-state index in [0.717, 1.165) is 16.8 Å². The molecule has 0 saturated carbocycles. The number of hydrogen-bond donors (Lipinski definition) is 0. The molecule has 0 aliphatic heterocycles. The summed E-state index contributed by atoms with van der Waals surface area (Å²) >= 11 is 0. The lowest BCUT2D eigenvalue weighted by Crippen LogP contribution is -1.82. The molecule has 82 valence electrons. The van der Waals surface area contributed by atoms with Crippen LogP contribution in [0.1, 0.15) is 22.4 Å². The summed E-state index contributed by atoms with van der Waals surface area (Å²) < 4.78 is 1.85. The molecule has 0 atom stereocenters. The van der Waals surface area contributed by atoms with Crippen LogP contribution >= 0.6 is 0 Å². The average Bonchev–Trinajstić information content (AvgIpc) is 2.72. The lowest BCUT2D eigenvalue weighted by atomic mass is 10.1. The second-order valence-corrected chi connectivity index (χ2v) is 3.87. The van der Waals surface area contributed by atoms with Gasteiger partial charge in [-0.05, 0) is 36.6 Å². The summed E-state index contributed by atoms with van der Waals surface area (Å²) in [6.45, 7) is 1.95. The van der Waals surface area contributed by atoms with Gasteiger partial charge in [-0.15, -0.1) is 0 Å². The number of aryl methyl sites for hydroxylation is 2. The SMILES string of the molecule is Cc1cc(C#N)cc(C#Cc2cn(C)cn2)c1. The highest BCUT2D eigenvalue weighted by molar-refractivity contribution is 5.46. The van der Waals surface area contributed by atoms with Crippen molar-refractivity contribution in [2.45, 2.75) is 6.92 Å². The molecule has 3 nitrogen and oxygen atoms in total. The van der Waals surface area contributed by atoms with E-state index in [-0.39, 0.29) is 0 Å². The summed E-state index contributed by atoms with van der Waals surface area (Å²) in [7, 11) is 1.90. The fourth-order valence-electron chi connectivity index (χ4n) is 1.53. The molecular formula is C14H11N3. The first kappa shape index (κ1) is 11.0. The van der Waals surface area contributed by atoms with Crippen LogP contribution in [-0.4, -0.2) is 9.55 Å². The van der Waals surface area contributed by atoms with Gasteiger partial charge in [-0.3, -0.25) is 0 Å². The first-order chi connectivity index (χ1) is 8.17. The van der Waals surface area contributed by atoms with E-state index in [0.29, 0.717) is 5.56 Å². The maximum atomic E-state index is 8.86. The normalized spacial score (nSPS) is 9.24. The first-order valence-corrected chi connectivity index (χ1v) is 5.19. The van der Waals surface area contributed by atoms with Crippen LogP contribution in [0.4, 0.5) is 0 Å². The van der Waals surface area contributed by atoms with E-state index in [9.17, 15) is 0 Å². The fraction of sp³-hybridized carbons (Fsp3) is 0.143. The smallest absolute Gasteiger partial charge is 0.131 e. The molecule has 2 aromatic rings. The zero-order valence-corrected chi connectivity index (χ0v) is 9.73. The summed E-state index contributed by atoms with van der Waals surface area (Å²) in [5.74, 6) is 5.98. The van der Waals surface area contributed by atoms with Gasteiger partial charge in [-0.25, -0.2) is 4.98 Å². The van der Waals surface area contributed by atoms with E-state index in [4.69, 9.17) is 5.26 Å². The maximum absolute atomic E-state index is 8.86. The van der Waals surface area contributed by atoms with Crippen molar-refractivity contribution in [3.63, 3.8) is 0 Å². The third kappa shape index (κ3) is 2.74. The molecule has 0 bridgehead atoms. The Morgan fingerprint density at radius 2 is 1.94 bits per heavy atom. The molecule has 0 amide bonds. The molecule has 0 radical (unpaired) electrons. The van der Waals surface area contributed by atoms with Crippen molar-refractivity contribution in [1.29, 1.82) is 5.26 Å². The van der Waals surface area contributed by atoms with E-state index in [2.05, 4.69) is 22.9 Å². The molecule has 0 aliphatic rings. The molecule has 1 heterocycles. The van der Waals surface area contributed by atoms with E-state index in [1.54, 1.807) is 12.4 Å². The molecule has 0 spiro atoms. The fourth-order valence-corrected chi connectivity index (χ4v) is 1.53. The second-order valence-electron chi connectivity index (χ2n) is 3.87. The standard InChI is InChI=1S/C14H11N3/c1-11-5-12(7-13(6-11)8-15)3-4-14-9-17(2)10-16-14/h5-7,9-10H,1-2H3. The lowest BCUT2D eigenvalue weighted by Gasteiger charge is -1.95. The van der Waals surface area contributed by atoms with Crippen molar-refractivity contribution in [2.24, 2.45) is 7.05 Å². The molecule has 0 unspecified atom stereocenters. The van der Waals surface area contributed by atoms with E-state index in [1.807, 2.05) is 36.9 Å². The molecule has 0 fully saturated rings. The largest absolute Gasteiger partial charge is 0.339 e. The van der Waals surface area contributed by atoms with Crippen molar-refractivity contribution in [2.75, 3.05) is 0 Å². The van der Waals surface area contributed by atoms with Crippen LogP contribution in [0.3, 0.4) is 0 Å². The second kappa shape index (κ2) is 4.55. The Hall–Kier alpha value is -2.52. The minimum Gasteiger partial charge on any atom is -0.339 e. The summed E-state index contributed by atoms with van der Waals surface area (Å²) in [4.78, 5) is 4.12. The number of nitrogens with zero attached hydrogens (tertiary/aromatic N) is 3. The molecule has 0 aliphatic carbocycles. The summed E-state index contributed by atoms with van der Waals surface area (Å²) in [5.41, 5.74) is 3.24. The molecule has 2 rings (SSSR count). The highest BCUT2D eigenvalue weighted by atomic mass is 15.0. The molecule has 17 heavy (non-hydrogen) atoms. The van der Waals surface area contributed by atoms with Crippen molar-refractivity contribution in [3.8, 4) is 17.9 Å². The van der Waals surface area contributed by atoms with Crippen molar-refractivity contribution >= 4 is 0 Å². The van der Waals surface area contributed by atoms with E-state index >= 15 is 0 Å². The van der Waals surface area contributed by atoms with Crippen LogP contribution in [0.15, 0.2) is 30.7 Å². The zero-order chi connectivity index (χ0) is 12.3. The minimum absolute atomic E-state index is 0.635. The van der Waals surface area contributed by atoms with Crippen LogP contribution in [0.5, 0.6) is 0 Å². The lowest BCUT2D eigenvalue weighted by molar-refractivity contribution is 0.913. The van der Waals surface area contributed by atoms with Gasteiger partial charge in [0, 0.05) is 18.8 Å². The van der Waals surface area contributed by atoms with Crippen molar-refractivity contribution < 1.29 is 0 Å². The predicted octanol–water partition coefficient (Wildman–Crippen LogP) is 2.00. The van der Waals surface area contributed by atoms with E-state index < -0.39 is 0 Å². The minimum atomic E-state index is 0.635. The highest BCUT2D eigenvalue weighted by Gasteiger charge is 1.95. The number of aromatic nitrogens is 2. The van der Waals surface area contributed by atoms with Gasteiger partial charge < -0.3 is 4.57 Å². The summed E-state index contributed by atoms with van der Waals surface area (Å²) in [6, 6.07) is 7.70. The molecular weight excluding hydrogens is 210 g/mol. The Labute approximate surface area is 100 Å². The van der Waals surface area contributed by atoms with Gasteiger partial charge in [-0.2, -0.15) is 5.26 Å². The van der Waals surface area contributed by atoms with Gasteiger partial charge in [-0.1, -0.05) is 5.92 Å². The molecule has 1 aromatic carbocycles. The molecule has 0 saturated heterocycles. The first-order valence-electron chi connectivity index (χ1n) is 5.19. The Morgan fingerprint density at radius 3 is 2.59 bits per heavy atom.